The van der Waals surface area contributed by atoms with Crippen LogP contribution in [0.15, 0.2) is 0 Å². The molecule has 116 valence electrons. The average Bonchev–Trinajstić information content (AvgIpc) is 2.41. The first-order chi connectivity index (χ1) is 9.67. The highest BCUT2D eigenvalue weighted by molar-refractivity contribution is 5.95. The van der Waals surface area contributed by atoms with Crippen LogP contribution in [0.2, 0.25) is 0 Å². The summed E-state index contributed by atoms with van der Waals surface area (Å²) in [6.07, 6.45) is 5.39. The van der Waals surface area contributed by atoms with E-state index < -0.39 is 0 Å². The van der Waals surface area contributed by atoms with Crippen molar-refractivity contribution in [3.05, 3.63) is 0 Å². The molecular formula is C14H28N4O2. The molecule has 1 aliphatic heterocycles. The fraction of sp³-hybridized carbons (Fsp3) is 0.857. The molecular weight excluding hydrogens is 256 g/mol. The van der Waals surface area contributed by atoms with Gasteiger partial charge in [-0.15, -0.1) is 0 Å². The number of urea groups is 1. The van der Waals surface area contributed by atoms with Crippen molar-refractivity contribution in [2.75, 3.05) is 33.2 Å². The zero-order valence-corrected chi connectivity index (χ0v) is 12.7. The van der Waals surface area contributed by atoms with Crippen molar-refractivity contribution < 1.29 is 9.59 Å². The maximum absolute atomic E-state index is 11.9. The van der Waals surface area contributed by atoms with Gasteiger partial charge in [0.2, 0.25) is 5.91 Å². The smallest absolute Gasteiger partial charge is 0.321 e. The van der Waals surface area contributed by atoms with Gasteiger partial charge in [0, 0.05) is 19.1 Å². The van der Waals surface area contributed by atoms with Gasteiger partial charge in [-0.05, 0) is 32.9 Å². The SMILES string of the molecule is CCCCNC(=O)NC(=O)CN1CCCCC1CNC. The summed E-state index contributed by atoms with van der Waals surface area (Å²) in [7, 11) is 1.92. The molecule has 1 rings (SSSR count). The minimum atomic E-state index is -0.384. The second kappa shape index (κ2) is 9.72. The fourth-order valence-corrected chi connectivity index (χ4v) is 2.51. The number of likely N-dealkylation sites (N-methyl/N-ethyl adjacent to an activating group) is 1. The first kappa shape index (κ1) is 16.9. The van der Waals surface area contributed by atoms with E-state index in [1.165, 1.54) is 6.42 Å². The molecule has 0 aromatic carbocycles. The molecule has 3 amide bonds. The molecule has 0 spiro atoms. The standard InChI is InChI=1S/C14H28N4O2/c1-3-4-8-16-14(20)17-13(19)11-18-9-6-5-7-12(18)10-15-2/h12,15H,3-11H2,1-2H3,(H2,16,17,19,20). The van der Waals surface area contributed by atoms with Crippen molar-refractivity contribution in [3.8, 4) is 0 Å². The lowest BCUT2D eigenvalue weighted by Crippen LogP contribution is -2.51. The quantitative estimate of drug-likeness (QED) is 0.601. The van der Waals surface area contributed by atoms with E-state index in [0.29, 0.717) is 19.1 Å². The number of nitrogens with one attached hydrogen (secondary N) is 3. The van der Waals surface area contributed by atoms with Crippen LogP contribution in [0.1, 0.15) is 39.0 Å². The highest BCUT2D eigenvalue weighted by Crippen LogP contribution is 2.15. The second-order valence-corrected chi connectivity index (χ2v) is 5.34. The molecule has 1 aliphatic rings. The highest BCUT2D eigenvalue weighted by Gasteiger charge is 2.24. The van der Waals surface area contributed by atoms with Crippen LogP contribution < -0.4 is 16.0 Å². The summed E-state index contributed by atoms with van der Waals surface area (Å²) in [5.41, 5.74) is 0. The zero-order chi connectivity index (χ0) is 14.8. The van der Waals surface area contributed by atoms with Crippen molar-refractivity contribution in [1.29, 1.82) is 0 Å². The van der Waals surface area contributed by atoms with Gasteiger partial charge in [-0.25, -0.2) is 4.79 Å². The molecule has 1 heterocycles. The Labute approximate surface area is 121 Å². The lowest BCUT2D eigenvalue weighted by atomic mass is 10.0. The van der Waals surface area contributed by atoms with Gasteiger partial charge in [-0.2, -0.15) is 0 Å². The molecule has 1 saturated heterocycles. The van der Waals surface area contributed by atoms with Crippen LogP contribution >= 0.6 is 0 Å². The highest BCUT2D eigenvalue weighted by atomic mass is 16.2. The average molecular weight is 284 g/mol. The Kier molecular flexibility index (Phi) is 8.22. The summed E-state index contributed by atoms with van der Waals surface area (Å²) in [6, 6.07) is 0.00767. The molecule has 0 aliphatic carbocycles. The Bertz CT molecular complexity index is 308. The number of carbonyl (C=O) groups is 2. The van der Waals surface area contributed by atoms with E-state index in [4.69, 9.17) is 0 Å². The van der Waals surface area contributed by atoms with E-state index in [0.717, 1.165) is 38.8 Å². The van der Waals surface area contributed by atoms with Crippen LogP contribution in [-0.2, 0) is 4.79 Å². The number of hydrogen-bond donors (Lipinski definition) is 3. The number of hydrogen-bond acceptors (Lipinski definition) is 4. The molecule has 20 heavy (non-hydrogen) atoms. The largest absolute Gasteiger partial charge is 0.338 e. The topological polar surface area (TPSA) is 73.5 Å². The minimum Gasteiger partial charge on any atom is -0.338 e. The zero-order valence-electron chi connectivity index (χ0n) is 12.7. The van der Waals surface area contributed by atoms with Crippen LogP contribution in [-0.4, -0.2) is 56.1 Å². The molecule has 6 nitrogen and oxygen atoms in total. The summed E-state index contributed by atoms with van der Waals surface area (Å²) < 4.78 is 0. The third-order valence-electron chi connectivity index (χ3n) is 3.60. The number of likely N-dealkylation sites (tertiary alicyclic amines) is 1. The van der Waals surface area contributed by atoms with Crippen LogP contribution in [0.25, 0.3) is 0 Å². The normalized spacial score (nSPS) is 19.6. The van der Waals surface area contributed by atoms with E-state index in [-0.39, 0.29) is 11.9 Å². The van der Waals surface area contributed by atoms with Gasteiger partial charge in [-0.1, -0.05) is 19.8 Å². The van der Waals surface area contributed by atoms with E-state index in [1.54, 1.807) is 0 Å². The summed E-state index contributed by atoms with van der Waals surface area (Å²) in [5.74, 6) is -0.220. The first-order valence-electron chi connectivity index (χ1n) is 7.63. The van der Waals surface area contributed by atoms with Crippen molar-refractivity contribution in [1.82, 2.24) is 20.9 Å². The van der Waals surface area contributed by atoms with Gasteiger partial charge < -0.3 is 10.6 Å². The van der Waals surface area contributed by atoms with Crippen molar-refractivity contribution in [2.45, 2.75) is 45.1 Å². The van der Waals surface area contributed by atoms with E-state index in [2.05, 4.69) is 27.8 Å². The molecule has 3 N–H and O–H groups in total. The predicted octanol–water partition coefficient (Wildman–Crippen LogP) is 0.686. The third kappa shape index (κ3) is 6.34. The number of rotatable bonds is 7. The summed E-state index contributed by atoms with van der Waals surface area (Å²) in [5, 5.41) is 8.25. The lowest BCUT2D eigenvalue weighted by Gasteiger charge is -2.34. The Balaban J connectivity index is 2.30. The molecule has 6 heteroatoms. The van der Waals surface area contributed by atoms with Crippen molar-refractivity contribution in [2.24, 2.45) is 0 Å². The second-order valence-electron chi connectivity index (χ2n) is 5.34. The molecule has 0 radical (unpaired) electrons. The van der Waals surface area contributed by atoms with Gasteiger partial charge in [0.05, 0.1) is 6.54 Å². The number of unbranched alkanes of at least 4 members (excludes halogenated alkanes) is 1. The first-order valence-corrected chi connectivity index (χ1v) is 7.63. The van der Waals surface area contributed by atoms with Crippen molar-refractivity contribution >= 4 is 11.9 Å². The summed E-state index contributed by atoms with van der Waals surface area (Å²) >= 11 is 0. The van der Waals surface area contributed by atoms with E-state index >= 15 is 0 Å². The van der Waals surface area contributed by atoms with Crippen LogP contribution in [0.3, 0.4) is 0 Å². The molecule has 0 aromatic rings. The minimum absolute atomic E-state index is 0.220. The van der Waals surface area contributed by atoms with Gasteiger partial charge >= 0.3 is 6.03 Å². The van der Waals surface area contributed by atoms with Gasteiger partial charge in [0.1, 0.15) is 0 Å². The monoisotopic (exact) mass is 284 g/mol. The van der Waals surface area contributed by atoms with Crippen LogP contribution in [0, 0.1) is 0 Å². The lowest BCUT2D eigenvalue weighted by molar-refractivity contribution is -0.122. The number of imide groups is 1. The molecule has 0 bridgehead atoms. The maximum Gasteiger partial charge on any atom is 0.321 e. The Morgan fingerprint density at radius 2 is 2.10 bits per heavy atom. The van der Waals surface area contributed by atoms with Crippen LogP contribution in [0.4, 0.5) is 4.79 Å². The number of amides is 3. The molecule has 1 fully saturated rings. The predicted molar refractivity (Wildman–Crippen MR) is 79.6 cm³/mol. The van der Waals surface area contributed by atoms with Gasteiger partial charge in [0.25, 0.3) is 0 Å². The number of carbonyl (C=O) groups excluding carboxylic acids is 2. The Morgan fingerprint density at radius 1 is 1.30 bits per heavy atom. The number of nitrogens with zero attached hydrogens (tertiary/aromatic N) is 1. The molecule has 0 saturated carbocycles. The molecule has 1 unspecified atom stereocenters. The van der Waals surface area contributed by atoms with Gasteiger partial charge in [0.15, 0.2) is 0 Å². The number of piperidine rings is 1. The van der Waals surface area contributed by atoms with E-state index in [1.807, 2.05) is 7.05 Å². The Morgan fingerprint density at radius 3 is 2.80 bits per heavy atom. The fourth-order valence-electron chi connectivity index (χ4n) is 2.51. The Hall–Kier alpha value is -1.14. The third-order valence-corrected chi connectivity index (χ3v) is 3.60. The summed E-state index contributed by atoms with van der Waals surface area (Å²) in [6.45, 7) is 4.78. The van der Waals surface area contributed by atoms with Gasteiger partial charge in [-0.3, -0.25) is 15.0 Å². The maximum atomic E-state index is 11.9. The van der Waals surface area contributed by atoms with Crippen molar-refractivity contribution in [3.63, 3.8) is 0 Å². The van der Waals surface area contributed by atoms with Crippen LogP contribution in [0.5, 0.6) is 0 Å². The summed E-state index contributed by atoms with van der Waals surface area (Å²) in [4.78, 5) is 25.5. The molecule has 0 aromatic heterocycles. The van der Waals surface area contributed by atoms with E-state index in [9.17, 15) is 9.59 Å². The molecule has 1 atom stereocenters.